The van der Waals surface area contributed by atoms with Gasteiger partial charge in [-0.2, -0.15) is 0 Å². The van der Waals surface area contributed by atoms with Crippen LogP contribution >= 0.6 is 11.3 Å². The minimum Gasteiger partial charge on any atom is -0.330 e. The number of carbonyl (C=O) groups is 1. The fraction of sp³-hybridized carbons (Fsp3) is 0.636. The molecule has 0 unspecified atom stereocenters. The maximum Gasteiger partial charge on any atom is 0.185 e. The third kappa shape index (κ3) is 2.44. The topological polar surface area (TPSA) is 56.0 Å². The molecule has 0 radical (unpaired) electrons. The highest BCUT2D eigenvalue weighted by molar-refractivity contribution is 7.09. The first-order chi connectivity index (χ1) is 7.31. The largest absolute Gasteiger partial charge is 0.330 e. The van der Waals surface area contributed by atoms with Gasteiger partial charge in [0.25, 0.3) is 0 Å². The van der Waals surface area contributed by atoms with Gasteiger partial charge in [-0.15, -0.1) is 11.3 Å². The molecule has 1 fully saturated rings. The maximum atomic E-state index is 12.0. The summed E-state index contributed by atoms with van der Waals surface area (Å²) in [6, 6.07) is 0. The summed E-state index contributed by atoms with van der Waals surface area (Å²) < 4.78 is 0. The summed E-state index contributed by atoms with van der Waals surface area (Å²) in [4.78, 5) is 16.3. The zero-order valence-electron chi connectivity index (χ0n) is 8.74. The van der Waals surface area contributed by atoms with Crippen molar-refractivity contribution in [2.24, 2.45) is 11.7 Å². The first-order valence-electron chi connectivity index (χ1n) is 5.50. The molecule has 1 saturated carbocycles. The Labute approximate surface area is 93.7 Å². The van der Waals surface area contributed by atoms with Crippen LogP contribution in [0.2, 0.25) is 0 Å². The van der Waals surface area contributed by atoms with Crippen molar-refractivity contribution in [3.05, 3.63) is 16.1 Å². The highest BCUT2D eigenvalue weighted by atomic mass is 32.1. The van der Waals surface area contributed by atoms with E-state index in [4.69, 9.17) is 5.73 Å². The Hall–Kier alpha value is -0.740. The van der Waals surface area contributed by atoms with Gasteiger partial charge in [0, 0.05) is 17.7 Å². The number of thiazole rings is 1. The molecule has 1 aliphatic rings. The molecular formula is C11H16N2OS. The van der Waals surface area contributed by atoms with E-state index in [-0.39, 0.29) is 11.7 Å². The molecule has 0 amide bonds. The first kappa shape index (κ1) is 10.8. The fourth-order valence-corrected chi connectivity index (χ4v) is 2.86. The monoisotopic (exact) mass is 224 g/mol. The predicted molar refractivity (Wildman–Crippen MR) is 61.2 cm³/mol. The van der Waals surface area contributed by atoms with Gasteiger partial charge in [0.1, 0.15) is 5.69 Å². The zero-order chi connectivity index (χ0) is 10.7. The Morgan fingerprint density at radius 2 is 2.27 bits per heavy atom. The SMILES string of the molecule is NCCc1nc(C(=O)C2CCCC2)cs1. The molecule has 0 spiro atoms. The van der Waals surface area contributed by atoms with Gasteiger partial charge < -0.3 is 5.73 Å². The van der Waals surface area contributed by atoms with E-state index in [0.717, 1.165) is 24.3 Å². The van der Waals surface area contributed by atoms with Crippen molar-refractivity contribution in [1.82, 2.24) is 4.98 Å². The Balaban J connectivity index is 2.04. The van der Waals surface area contributed by atoms with E-state index >= 15 is 0 Å². The molecule has 1 aromatic rings. The van der Waals surface area contributed by atoms with E-state index in [9.17, 15) is 4.79 Å². The van der Waals surface area contributed by atoms with Gasteiger partial charge >= 0.3 is 0 Å². The fourth-order valence-electron chi connectivity index (χ4n) is 2.06. The van der Waals surface area contributed by atoms with Crippen LogP contribution in [0.3, 0.4) is 0 Å². The summed E-state index contributed by atoms with van der Waals surface area (Å²) in [5, 5.41) is 2.87. The third-order valence-corrected chi connectivity index (χ3v) is 3.80. The van der Waals surface area contributed by atoms with Crippen molar-refractivity contribution in [2.45, 2.75) is 32.1 Å². The van der Waals surface area contributed by atoms with Crippen LogP contribution < -0.4 is 5.73 Å². The number of ketones is 1. The zero-order valence-corrected chi connectivity index (χ0v) is 9.55. The average molecular weight is 224 g/mol. The van der Waals surface area contributed by atoms with Gasteiger partial charge in [-0.05, 0) is 19.4 Å². The first-order valence-corrected chi connectivity index (χ1v) is 6.38. The number of nitrogens with two attached hydrogens (primary N) is 1. The summed E-state index contributed by atoms with van der Waals surface area (Å²) in [5.74, 6) is 0.477. The van der Waals surface area contributed by atoms with Crippen LogP contribution in [0.5, 0.6) is 0 Å². The maximum absolute atomic E-state index is 12.0. The number of nitrogens with zero attached hydrogens (tertiary/aromatic N) is 1. The van der Waals surface area contributed by atoms with E-state index in [1.807, 2.05) is 5.38 Å². The van der Waals surface area contributed by atoms with Crippen LogP contribution in [0, 0.1) is 5.92 Å². The quantitative estimate of drug-likeness (QED) is 0.796. The number of aromatic nitrogens is 1. The lowest BCUT2D eigenvalue weighted by atomic mass is 10.0. The average Bonchev–Trinajstić information content (AvgIpc) is 2.87. The lowest BCUT2D eigenvalue weighted by molar-refractivity contribution is 0.0918. The number of hydrogen-bond acceptors (Lipinski definition) is 4. The Kier molecular flexibility index (Phi) is 3.49. The molecule has 1 aromatic heterocycles. The Morgan fingerprint density at radius 1 is 1.53 bits per heavy atom. The Morgan fingerprint density at radius 3 is 2.93 bits per heavy atom. The molecule has 0 saturated heterocycles. The molecule has 2 rings (SSSR count). The van der Waals surface area contributed by atoms with E-state index in [0.29, 0.717) is 12.2 Å². The molecule has 3 nitrogen and oxygen atoms in total. The minimum atomic E-state index is 0.234. The Bertz CT molecular complexity index is 342. The number of rotatable bonds is 4. The highest BCUT2D eigenvalue weighted by Crippen LogP contribution is 2.28. The molecule has 2 N–H and O–H groups in total. The van der Waals surface area contributed by atoms with Crippen molar-refractivity contribution in [1.29, 1.82) is 0 Å². The van der Waals surface area contributed by atoms with Crippen molar-refractivity contribution in [3.63, 3.8) is 0 Å². The number of hydrogen-bond donors (Lipinski definition) is 1. The summed E-state index contributed by atoms with van der Waals surface area (Å²) in [6.45, 7) is 0.602. The molecule has 0 bridgehead atoms. The normalized spacial score (nSPS) is 17.1. The minimum absolute atomic E-state index is 0.234. The standard InChI is InChI=1S/C11H16N2OS/c12-6-5-10-13-9(7-15-10)11(14)8-3-1-2-4-8/h7-8H,1-6,12H2. The summed E-state index contributed by atoms with van der Waals surface area (Å²) in [6.07, 6.45) is 5.25. The lowest BCUT2D eigenvalue weighted by Gasteiger charge is -2.03. The van der Waals surface area contributed by atoms with Gasteiger partial charge in [0.15, 0.2) is 5.78 Å². The van der Waals surface area contributed by atoms with E-state index in [1.54, 1.807) is 11.3 Å². The predicted octanol–water partition coefficient (Wildman–Crippen LogP) is 2.02. The van der Waals surface area contributed by atoms with Crippen LogP contribution in [-0.4, -0.2) is 17.3 Å². The number of carbonyl (C=O) groups excluding carboxylic acids is 1. The molecule has 1 aliphatic carbocycles. The van der Waals surface area contributed by atoms with E-state index in [2.05, 4.69) is 4.98 Å². The van der Waals surface area contributed by atoms with Crippen LogP contribution in [0.4, 0.5) is 0 Å². The summed E-state index contributed by atoms with van der Waals surface area (Å²) in [5.41, 5.74) is 6.11. The van der Waals surface area contributed by atoms with Crippen molar-refractivity contribution in [2.75, 3.05) is 6.54 Å². The van der Waals surface area contributed by atoms with Crippen molar-refractivity contribution in [3.8, 4) is 0 Å². The second-order valence-electron chi connectivity index (χ2n) is 4.01. The molecule has 4 heteroatoms. The highest BCUT2D eigenvalue weighted by Gasteiger charge is 2.25. The molecule has 0 atom stereocenters. The smallest absolute Gasteiger partial charge is 0.185 e. The van der Waals surface area contributed by atoms with Crippen LogP contribution in [0.25, 0.3) is 0 Å². The van der Waals surface area contributed by atoms with Crippen LogP contribution in [0.1, 0.15) is 41.2 Å². The molecule has 1 heterocycles. The number of Topliss-reactive ketones (excluding diaryl/α,β-unsaturated/α-hetero) is 1. The second-order valence-corrected chi connectivity index (χ2v) is 4.95. The van der Waals surface area contributed by atoms with Crippen LogP contribution in [0.15, 0.2) is 5.38 Å². The van der Waals surface area contributed by atoms with Crippen molar-refractivity contribution < 1.29 is 4.79 Å². The molecule has 0 aliphatic heterocycles. The van der Waals surface area contributed by atoms with Crippen molar-refractivity contribution >= 4 is 17.1 Å². The molecular weight excluding hydrogens is 208 g/mol. The van der Waals surface area contributed by atoms with Gasteiger partial charge in [0.05, 0.1) is 5.01 Å². The van der Waals surface area contributed by atoms with E-state index < -0.39 is 0 Å². The molecule has 15 heavy (non-hydrogen) atoms. The van der Waals surface area contributed by atoms with Gasteiger partial charge in [-0.3, -0.25) is 4.79 Å². The third-order valence-electron chi connectivity index (χ3n) is 2.89. The van der Waals surface area contributed by atoms with Gasteiger partial charge in [-0.1, -0.05) is 12.8 Å². The van der Waals surface area contributed by atoms with Gasteiger partial charge in [0.2, 0.25) is 0 Å². The lowest BCUT2D eigenvalue weighted by Crippen LogP contribution is -2.11. The molecule has 82 valence electrons. The summed E-state index contributed by atoms with van der Waals surface area (Å²) >= 11 is 1.55. The van der Waals surface area contributed by atoms with Gasteiger partial charge in [-0.25, -0.2) is 4.98 Å². The molecule has 0 aromatic carbocycles. The second kappa shape index (κ2) is 4.86. The van der Waals surface area contributed by atoms with E-state index in [1.165, 1.54) is 12.8 Å². The van der Waals surface area contributed by atoms with Crippen LogP contribution in [-0.2, 0) is 6.42 Å². The summed E-state index contributed by atoms with van der Waals surface area (Å²) in [7, 11) is 0.